The van der Waals surface area contributed by atoms with Gasteiger partial charge in [0.1, 0.15) is 11.4 Å². The fraction of sp³-hybridized carbons (Fsp3) is 0.174. The van der Waals surface area contributed by atoms with E-state index in [2.05, 4.69) is 5.32 Å². The van der Waals surface area contributed by atoms with Crippen molar-refractivity contribution in [1.82, 2.24) is 4.57 Å². The van der Waals surface area contributed by atoms with Crippen LogP contribution in [-0.2, 0) is 21.2 Å². The lowest BCUT2D eigenvalue weighted by Crippen LogP contribution is -2.33. The molecule has 166 valence electrons. The number of benzene rings is 2. The number of pyridine rings is 1. The second-order valence-corrected chi connectivity index (χ2v) is 9.65. The maximum atomic E-state index is 13.2. The Hall–Kier alpha value is -3.23. The van der Waals surface area contributed by atoms with Crippen LogP contribution in [0.5, 0.6) is 0 Å². The maximum absolute atomic E-state index is 13.2. The number of Topliss-reactive ketones (excluding diaryl/α,β-unsaturated/α-hetero) is 1. The Morgan fingerprint density at radius 3 is 2.31 bits per heavy atom. The van der Waals surface area contributed by atoms with Crippen molar-refractivity contribution in [2.45, 2.75) is 37.1 Å². The number of anilines is 1. The molecule has 1 aromatic heterocycles. The number of halogens is 1. The normalized spacial score (nSPS) is 11.2. The standard InChI is InChI=1S/C23H21ClN2O5S/c1-14-11-15(2)26(13-21(28)25-19-6-4-5-17(12-19)16(3)27)23(29)22(14)32(30,31)20-9-7-18(24)8-10-20/h4-12H,13H2,1-3H3,(H,25,28). The molecule has 3 aromatic rings. The molecule has 0 atom stereocenters. The second-order valence-electron chi connectivity index (χ2n) is 7.33. The zero-order valence-electron chi connectivity index (χ0n) is 17.7. The summed E-state index contributed by atoms with van der Waals surface area (Å²) in [7, 11) is -4.13. The highest BCUT2D eigenvalue weighted by Crippen LogP contribution is 2.23. The maximum Gasteiger partial charge on any atom is 0.270 e. The van der Waals surface area contributed by atoms with Crippen molar-refractivity contribution in [1.29, 1.82) is 0 Å². The molecule has 2 aromatic carbocycles. The summed E-state index contributed by atoms with van der Waals surface area (Å²) in [5.41, 5.74) is 0.769. The number of carbonyl (C=O) groups excluding carboxylic acids is 2. The Labute approximate surface area is 190 Å². The van der Waals surface area contributed by atoms with Crippen molar-refractivity contribution in [2.75, 3.05) is 5.32 Å². The van der Waals surface area contributed by atoms with E-state index in [0.29, 0.717) is 22.0 Å². The smallest absolute Gasteiger partial charge is 0.270 e. The molecular formula is C23H21ClN2O5S. The lowest BCUT2D eigenvalue weighted by molar-refractivity contribution is -0.116. The number of ketones is 1. The Morgan fingerprint density at radius 1 is 1.03 bits per heavy atom. The molecule has 0 saturated heterocycles. The fourth-order valence-corrected chi connectivity index (χ4v) is 5.00. The van der Waals surface area contributed by atoms with E-state index in [0.717, 1.165) is 4.57 Å². The summed E-state index contributed by atoms with van der Waals surface area (Å²) in [6.45, 7) is 4.18. The van der Waals surface area contributed by atoms with Gasteiger partial charge in [0, 0.05) is 22.0 Å². The first-order valence-corrected chi connectivity index (χ1v) is 11.5. The molecule has 0 aliphatic rings. The number of carbonyl (C=O) groups is 2. The predicted molar refractivity (Wildman–Crippen MR) is 122 cm³/mol. The molecule has 0 saturated carbocycles. The first kappa shape index (κ1) is 23.4. The summed E-state index contributed by atoms with van der Waals surface area (Å²) in [5, 5.41) is 3.00. The van der Waals surface area contributed by atoms with Crippen LogP contribution in [-0.4, -0.2) is 24.7 Å². The van der Waals surface area contributed by atoms with Crippen LogP contribution in [0.25, 0.3) is 0 Å². The number of aromatic nitrogens is 1. The molecule has 9 heteroatoms. The van der Waals surface area contributed by atoms with E-state index in [1.54, 1.807) is 31.2 Å². The molecule has 7 nitrogen and oxygen atoms in total. The number of hydrogen-bond donors (Lipinski definition) is 1. The van der Waals surface area contributed by atoms with Crippen molar-refractivity contribution in [3.05, 3.63) is 86.8 Å². The number of nitrogens with zero attached hydrogens (tertiary/aromatic N) is 1. The predicted octanol–water partition coefficient (Wildman–Crippen LogP) is 3.79. The zero-order chi connectivity index (χ0) is 23.6. The van der Waals surface area contributed by atoms with E-state index < -0.39 is 32.7 Å². The van der Waals surface area contributed by atoms with Gasteiger partial charge >= 0.3 is 0 Å². The van der Waals surface area contributed by atoms with E-state index in [1.165, 1.54) is 44.2 Å². The molecule has 1 N–H and O–H groups in total. The molecule has 0 bridgehead atoms. The molecule has 1 amide bonds. The van der Waals surface area contributed by atoms with Gasteiger partial charge in [0.2, 0.25) is 15.7 Å². The van der Waals surface area contributed by atoms with Gasteiger partial charge in [-0.25, -0.2) is 8.42 Å². The molecule has 0 aliphatic heterocycles. The van der Waals surface area contributed by atoms with Gasteiger partial charge in [-0.2, -0.15) is 0 Å². The summed E-state index contributed by atoms with van der Waals surface area (Å²) in [6, 6.07) is 13.5. The monoisotopic (exact) mass is 472 g/mol. The van der Waals surface area contributed by atoms with Crippen molar-refractivity contribution in [3.63, 3.8) is 0 Å². The van der Waals surface area contributed by atoms with Crippen LogP contribution in [0.2, 0.25) is 5.02 Å². The molecule has 0 fully saturated rings. The zero-order valence-corrected chi connectivity index (χ0v) is 19.3. The first-order valence-electron chi connectivity index (χ1n) is 9.63. The van der Waals surface area contributed by atoms with Gasteiger partial charge in [-0.15, -0.1) is 0 Å². The molecule has 0 unspecified atom stereocenters. The topological polar surface area (TPSA) is 102 Å². The molecule has 3 rings (SSSR count). The van der Waals surface area contributed by atoms with Crippen molar-refractivity contribution in [3.8, 4) is 0 Å². The molecular weight excluding hydrogens is 452 g/mol. The molecule has 0 aliphatic carbocycles. The third kappa shape index (κ3) is 4.81. The van der Waals surface area contributed by atoms with Gasteiger partial charge in [-0.1, -0.05) is 23.7 Å². The van der Waals surface area contributed by atoms with Crippen LogP contribution in [0.15, 0.2) is 69.2 Å². The summed E-state index contributed by atoms with van der Waals surface area (Å²) in [5.74, 6) is -0.682. The van der Waals surface area contributed by atoms with E-state index in [1.807, 2.05) is 0 Å². The highest BCUT2D eigenvalue weighted by molar-refractivity contribution is 7.91. The minimum absolute atomic E-state index is 0.0667. The molecule has 0 radical (unpaired) electrons. The minimum Gasteiger partial charge on any atom is -0.325 e. The number of aryl methyl sites for hydroxylation is 2. The number of nitrogens with one attached hydrogen (secondary N) is 1. The van der Waals surface area contributed by atoms with Gasteiger partial charge in [-0.3, -0.25) is 14.4 Å². The SMILES string of the molecule is CC(=O)c1cccc(NC(=O)Cn2c(C)cc(C)c(S(=O)(=O)c3ccc(Cl)cc3)c2=O)c1. The Bertz CT molecular complexity index is 1380. The van der Waals surface area contributed by atoms with Gasteiger partial charge < -0.3 is 9.88 Å². The number of amides is 1. The van der Waals surface area contributed by atoms with E-state index in [4.69, 9.17) is 11.6 Å². The largest absolute Gasteiger partial charge is 0.325 e. The van der Waals surface area contributed by atoms with Crippen molar-refractivity contribution < 1.29 is 18.0 Å². The molecule has 0 spiro atoms. The Balaban J connectivity index is 1.97. The van der Waals surface area contributed by atoms with E-state index in [-0.39, 0.29) is 16.2 Å². The van der Waals surface area contributed by atoms with Gasteiger partial charge in [0.25, 0.3) is 5.56 Å². The summed E-state index contributed by atoms with van der Waals surface area (Å²) in [4.78, 5) is 36.8. The quantitative estimate of drug-likeness (QED) is 0.550. The van der Waals surface area contributed by atoms with Gasteiger partial charge in [0.15, 0.2) is 5.78 Å². The van der Waals surface area contributed by atoms with E-state index in [9.17, 15) is 22.8 Å². The number of rotatable bonds is 6. The van der Waals surface area contributed by atoms with Gasteiger partial charge in [0.05, 0.1) is 4.90 Å². The highest BCUT2D eigenvalue weighted by atomic mass is 35.5. The van der Waals surface area contributed by atoms with Crippen LogP contribution < -0.4 is 10.9 Å². The fourth-order valence-electron chi connectivity index (χ4n) is 3.32. The molecule has 1 heterocycles. The van der Waals surface area contributed by atoms with Crippen LogP contribution >= 0.6 is 11.6 Å². The lowest BCUT2D eigenvalue weighted by Gasteiger charge is -2.15. The Kier molecular flexibility index (Phi) is 6.66. The average molecular weight is 473 g/mol. The lowest BCUT2D eigenvalue weighted by atomic mass is 10.1. The third-order valence-corrected chi connectivity index (χ3v) is 7.07. The second kappa shape index (κ2) is 9.10. The summed E-state index contributed by atoms with van der Waals surface area (Å²) in [6.07, 6.45) is 0. The van der Waals surface area contributed by atoms with Gasteiger partial charge in [-0.05, 0) is 68.8 Å². The molecule has 32 heavy (non-hydrogen) atoms. The van der Waals surface area contributed by atoms with Crippen molar-refractivity contribution in [2.24, 2.45) is 0 Å². The minimum atomic E-state index is -4.13. The van der Waals surface area contributed by atoms with Crippen LogP contribution in [0.4, 0.5) is 5.69 Å². The van der Waals surface area contributed by atoms with Crippen LogP contribution in [0.3, 0.4) is 0 Å². The third-order valence-electron chi connectivity index (χ3n) is 4.90. The average Bonchev–Trinajstić information content (AvgIpc) is 2.71. The Morgan fingerprint density at radius 2 is 1.69 bits per heavy atom. The van der Waals surface area contributed by atoms with Crippen molar-refractivity contribution >= 4 is 38.8 Å². The summed E-state index contributed by atoms with van der Waals surface area (Å²) >= 11 is 5.84. The highest BCUT2D eigenvalue weighted by Gasteiger charge is 2.26. The number of sulfone groups is 1. The summed E-state index contributed by atoms with van der Waals surface area (Å²) < 4.78 is 27.4. The first-order chi connectivity index (χ1) is 15.0. The number of hydrogen-bond acceptors (Lipinski definition) is 5. The van der Waals surface area contributed by atoms with Crippen LogP contribution in [0, 0.1) is 13.8 Å². The van der Waals surface area contributed by atoms with E-state index >= 15 is 0 Å². The van der Waals surface area contributed by atoms with Crippen LogP contribution in [0.1, 0.15) is 28.5 Å².